The van der Waals surface area contributed by atoms with E-state index in [9.17, 15) is 9.00 Å². The van der Waals surface area contributed by atoms with Gasteiger partial charge in [-0.05, 0) is 45.1 Å². The van der Waals surface area contributed by atoms with Crippen LogP contribution in [-0.2, 0) is 9.73 Å². The Morgan fingerprint density at radius 2 is 1.96 bits per heavy atom. The third-order valence-electron chi connectivity index (χ3n) is 4.65. The molecule has 0 unspecified atom stereocenters. The molecule has 148 valence electrons. The number of nitrogens with zero attached hydrogens (tertiary/aromatic N) is 6. The zero-order chi connectivity index (χ0) is 19.9. The van der Waals surface area contributed by atoms with Gasteiger partial charge in [0.05, 0.1) is 9.73 Å². The van der Waals surface area contributed by atoms with Crippen LogP contribution in [0.4, 0.5) is 5.82 Å². The second kappa shape index (κ2) is 7.32. The smallest absolute Gasteiger partial charge is 0.267 e. The van der Waals surface area contributed by atoms with Crippen molar-refractivity contribution in [1.82, 2.24) is 24.3 Å². The molecule has 8 nitrogen and oxygen atoms in total. The minimum absolute atomic E-state index is 0.104. The van der Waals surface area contributed by atoms with E-state index < -0.39 is 9.73 Å². The van der Waals surface area contributed by atoms with Gasteiger partial charge in [-0.15, -0.1) is 0 Å². The Balaban J connectivity index is 1.96. The van der Waals surface area contributed by atoms with Crippen molar-refractivity contribution in [2.75, 3.05) is 17.8 Å². The molecule has 0 spiro atoms. The lowest BCUT2D eigenvalue weighted by Crippen LogP contribution is -2.24. The minimum Gasteiger partial charge on any atom is -0.267 e. The lowest BCUT2D eigenvalue weighted by molar-refractivity contribution is 0.471. The van der Waals surface area contributed by atoms with Crippen molar-refractivity contribution in [2.24, 2.45) is 4.36 Å². The summed E-state index contributed by atoms with van der Waals surface area (Å²) in [5.41, 5.74) is 0.344. The third kappa shape index (κ3) is 3.35. The Morgan fingerprint density at radius 3 is 2.64 bits per heavy atom. The van der Waals surface area contributed by atoms with Gasteiger partial charge >= 0.3 is 0 Å². The molecule has 0 atom stereocenters. The SMILES string of the molecule is CSc1ncc2c(=O)n(C(C)C)n(-c3cccc(N=S4(=O)CCCC4)n3)c2n1. The lowest BCUT2D eigenvalue weighted by Gasteiger charge is -2.14. The summed E-state index contributed by atoms with van der Waals surface area (Å²) in [4.78, 5) is 26.3. The predicted molar refractivity (Wildman–Crippen MR) is 112 cm³/mol. The standard InChI is InChI=1S/C18H22N6O2S2/c1-12(2)23-17(25)13-11-19-18(27-3)21-16(13)24(23)15-8-6-7-14(20-15)22-28(26)9-4-5-10-28/h6-8,11-12H,4-5,9-10H2,1-3H3. The molecule has 0 bridgehead atoms. The summed E-state index contributed by atoms with van der Waals surface area (Å²) in [7, 11) is -2.22. The molecule has 0 amide bonds. The van der Waals surface area contributed by atoms with Crippen molar-refractivity contribution in [2.45, 2.75) is 37.9 Å². The van der Waals surface area contributed by atoms with Crippen molar-refractivity contribution in [3.8, 4) is 5.82 Å². The van der Waals surface area contributed by atoms with E-state index >= 15 is 0 Å². The van der Waals surface area contributed by atoms with E-state index in [0.717, 1.165) is 12.8 Å². The molecule has 1 fully saturated rings. The fourth-order valence-electron chi connectivity index (χ4n) is 3.37. The summed E-state index contributed by atoms with van der Waals surface area (Å²) in [5, 5.41) is 1.02. The monoisotopic (exact) mass is 418 g/mol. The Kier molecular flexibility index (Phi) is 5.00. The molecule has 0 aliphatic carbocycles. The van der Waals surface area contributed by atoms with Gasteiger partial charge in [0.25, 0.3) is 5.56 Å². The molecule has 0 aromatic carbocycles. The maximum Gasteiger partial charge on any atom is 0.278 e. The molecule has 10 heteroatoms. The number of thioether (sulfide) groups is 1. The Morgan fingerprint density at radius 1 is 1.21 bits per heavy atom. The molecule has 28 heavy (non-hydrogen) atoms. The van der Waals surface area contributed by atoms with E-state index in [1.165, 1.54) is 11.8 Å². The largest absolute Gasteiger partial charge is 0.278 e. The molecular formula is C18H22N6O2S2. The number of fused-ring (bicyclic) bond motifs is 1. The first kappa shape index (κ1) is 19.1. The zero-order valence-corrected chi connectivity index (χ0v) is 17.7. The van der Waals surface area contributed by atoms with Crippen LogP contribution in [0.5, 0.6) is 0 Å². The average Bonchev–Trinajstić information content (AvgIpc) is 3.22. The van der Waals surface area contributed by atoms with Crippen LogP contribution >= 0.6 is 11.8 Å². The van der Waals surface area contributed by atoms with E-state index in [4.69, 9.17) is 0 Å². The maximum absolute atomic E-state index is 12.9. The van der Waals surface area contributed by atoms with Gasteiger partial charge in [0.1, 0.15) is 5.39 Å². The highest BCUT2D eigenvalue weighted by Gasteiger charge is 2.21. The van der Waals surface area contributed by atoms with Gasteiger partial charge in [0, 0.05) is 23.7 Å². The molecule has 4 heterocycles. The van der Waals surface area contributed by atoms with Crippen molar-refractivity contribution < 1.29 is 4.21 Å². The highest BCUT2D eigenvalue weighted by molar-refractivity contribution is 7.98. The summed E-state index contributed by atoms with van der Waals surface area (Å²) < 4.78 is 20.6. The zero-order valence-electron chi connectivity index (χ0n) is 16.0. The van der Waals surface area contributed by atoms with E-state index in [2.05, 4.69) is 19.3 Å². The molecule has 0 radical (unpaired) electrons. The Labute approximate surface area is 167 Å². The summed E-state index contributed by atoms with van der Waals surface area (Å²) in [6.07, 6.45) is 5.32. The summed E-state index contributed by atoms with van der Waals surface area (Å²) in [5.74, 6) is 2.18. The normalized spacial score (nSPS) is 16.1. The van der Waals surface area contributed by atoms with E-state index in [-0.39, 0.29) is 11.6 Å². The number of rotatable bonds is 4. The second-order valence-electron chi connectivity index (χ2n) is 6.98. The fourth-order valence-corrected chi connectivity index (χ4v) is 5.84. The first-order valence-electron chi connectivity index (χ1n) is 9.16. The van der Waals surface area contributed by atoms with Gasteiger partial charge in [-0.1, -0.05) is 17.8 Å². The van der Waals surface area contributed by atoms with Gasteiger partial charge in [-0.3, -0.25) is 4.79 Å². The summed E-state index contributed by atoms with van der Waals surface area (Å²) in [6, 6.07) is 5.27. The highest BCUT2D eigenvalue weighted by atomic mass is 32.2. The number of hydrogen-bond donors (Lipinski definition) is 0. The van der Waals surface area contributed by atoms with Crippen molar-refractivity contribution in [3.63, 3.8) is 0 Å². The first-order valence-corrected chi connectivity index (χ1v) is 12.2. The summed E-state index contributed by atoms with van der Waals surface area (Å²) >= 11 is 1.41. The van der Waals surface area contributed by atoms with Crippen molar-refractivity contribution in [3.05, 3.63) is 34.7 Å². The van der Waals surface area contributed by atoms with Crippen LogP contribution in [0.25, 0.3) is 16.9 Å². The molecule has 0 saturated carbocycles. The lowest BCUT2D eigenvalue weighted by atomic mass is 10.4. The van der Waals surface area contributed by atoms with Crippen LogP contribution in [0.3, 0.4) is 0 Å². The molecule has 1 saturated heterocycles. The van der Waals surface area contributed by atoms with Gasteiger partial charge in [-0.2, -0.15) is 4.36 Å². The maximum atomic E-state index is 12.9. The van der Waals surface area contributed by atoms with Crippen molar-refractivity contribution >= 4 is 38.3 Å². The quantitative estimate of drug-likeness (QED) is 0.477. The summed E-state index contributed by atoms with van der Waals surface area (Å²) in [6.45, 7) is 3.87. The van der Waals surface area contributed by atoms with Crippen LogP contribution < -0.4 is 5.56 Å². The minimum atomic E-state index is -2.22. The average molecular weight is 419 g/mol. The van der Waals surface area contributed by atoms with Crippen LogP contribution in [0.1, 0.15) is 32.7 Å². The van der Waals surface area contributed by atoms with Gasteiger partial charge in [0.2, 0.25) is 0 Å². The predicted octanol–water partition coefficient (Wildman–Crippen LogP) is 3.17. The Hall–Kier alpha value is -2.20. The number of hydrogen-bond acceptors (Lipinski definition) is 7. The Bertz CT molecular complexity index is 1210. The van der Waals surface area contributed by atoms with Gasteiger partial charge in [-0.25, -0.2) is 28.5 Å². The van der Waals surface area contributed by atoms with Crippen LogP contribution in [0.2, 0.25) is 0 Å². The van der Waals surface area contributed by atoms with Crippen LogP contribution in [-0.4, -0.2) is 46.3 Å². The molecule has 0 N–H and O–H groups in total. The van der Waals surface area contributed by atoms with E-state index in [1.54, 1.807) is 27.7 Å². The third-order valence-corrected chi connectivity index (χ3v) is 7.58. The highest BCUT2D eigenvalue weighted by Crippen LogP contribution is 2.23. The molecule has 4 rings (SSSR count). The number of aromatic nitrogens is 5. The topological polar surface area (TPSA) is 95.0 Å². The first-order chi connectivity index (χ1) is 13.4. The number of pyridine rings is 1. The van der Waals surface area contributed by atoms with E-state index in [1.807, 2.05) is 26.2 Å². The fraction of sp³-hybridized carbons (Fsp3) is 0.444. The van der Waals surface area contributed by atoms with Crippen LogP contribution in [0, 0.1) is 0 Å². The van der Waals surface area contributed by atoms with Gasteiger partial charge in [0.15, 0.2) is 22.4 Å². The van der Waals surface area contributed by atoms with Crippen LogP contribution in [0.15, 0.2) is 38.7 Å². The van der Waals surface area contributed by atoms with Gasteiger partial charge < -0.3 is 0 Å². The van der Waals surface area contributed by atoms with E-state index in [0.29, 0.717) is 39.3 Å². The second-order valence-corrected chi connectivity index (χ2v) is 10.3. The molecule has 1 aliphatic rings. The van der Waals surface area contributed by atoms with Crippen molar-refractivity contribution in [1.29, 1.82) is 0 Å². The molecule has 3 aromatic rings. The molecule has 1 aliphatic heterocycles. The molecular weight excluding hydrogens is 396 g/mol. The molecule has 3 aromatic heterocycles.